The molecule has 6 aromatic carbocycles. The number of Topliss-reactive ketones (excluding diaryl/α,β-unsaturated/α-hetero) is 5. The van der Waals surface area contributed by atoms with Crippen molar-refractivity contribution in [2.24, 2.45) is 0 Å². The number of anilines is 2. The van der Waals surface area contributed by atoms with Crippen LogP contribution in [0.4, 0.5) is 16.2 Å². The fraction of sp³-hybridized carbons (Fsp3) is 0.250. The zero-order valence-corrected chi connectivity index (χ0v) is 42.6. The predicted molar refractivity (Wildman–Crippen MR) is 283 cm³/mol. The molecule has 0 aliphatic rings. The SMILES string of the molecule is CCC(=O)c1ccccc1NC(=O)Nc1ccc(C(C)=O)cc1.CCOC(=O)c1ccc(CCC(=O)Cc2ccccc2C(=O)CC)cc1.COC(=O)c1cccc(CCC(=O)Cc2ccccc2C(=O)OC)c1. The van der Waals surface area contributed by atoms with E-state index in [-0.39, 0.29) is 47.7 Å². The summed E-state index contributed by atoms with van der Waals surface area (Å²) in [5.41, 5.74) is 7.44. The van der Waals surface area contributed by atoms with Crippen molar-refractivity contribution in [3.63, 3.8) is 0 Å². The van der Waals surface area contributed by atoms with Crippen molar-refractivity contribution < 1.29 is 57.4 Å². The van der Waals surface area contributed by atoms with Gasteiger partial charge in [-0.3, -0.25) is 24.0 Å². The standard InChI is InChI=1S/C22H24O4.C20H20O5.C18H18N2O3/c1-3-21(24)20-8-6-5-7-18(20)15-19(23)14-11-16-9-12-17(13-10-16)22(25)26-4-2;1-24-19(22)16-8-5-6-14(12-16)10-11-17(21)13-15-7-3-4-9-18(15)20(23)25-2;1-3-17(22)15-6-4-5-7-16(15)20-18(23)19-14-10-8-13(9-11-14)12(2)21/h5-10,12-13H,3-4,11,14-15H2,1-2H3;3-9,12H,10-11,13H2,1-2H3;4-11H,3H2,1-2H3,(H2,19,20,23). The van der Waals surface area contributed by atoms with Gasteiger partial charge in [0.15, 0.2) is 17.3 Å². The van der Waals surface area contributed by atoms with Gasteiger partial charge < -0.3 is 24.8 Å². The Morgan fingerprint density at radius 3 is 1.54 bits per heavy atom. The number of ketones is 5. The Balaban J connectivity index is 0.000000241. The predicted octanol–water partition coefficient (Wildman–Crippen LogP) is 11.3. The number of carbonyl (C=O) groups is 9. The number of benzene rings is 6. The van der Waals surface area contributed by atoms with Gasteiger partial charge in [-0.2, -0.15) is 0 Å². The number of amides is 2. The highest BCUT2D eigenvalue weighted by Gasteiger charge is 2.16. The highest BCUT2D eigenvalue weighted by atomic mass is 16.5. The summed E-state index contributed by atoms with van der Waals surface area (Å²) in [5.74, 6) is -1.10. The number of hydrogen-bond donors (Lipinski definition) is 2. The van der Waals surface area contributed by atoms with Crippen LogP contribution in [0.2, 0.25) is 0 Å². The largest absolute Gasteiger partial charge is 0.465 e. The monoisotopic (exact) mass is 1000 g/mol. The van der Waals surface area contributed by atoms with E-state index in [2.05, 4.69) is 10.6 Å². The second-order valence-corrected chi connectivity index (χ2v) is 16.7. The molecule has 0 saturated heterocycles. The zero-order valence-electron chi connectivity index (χ0n) is 42.6. The first-order valence-corrected chi connectivity index (χ1v) is 24.2. The number of rotatable bonds is 21. The van der Waals surface area contributed by atoms with Crippen LogP contribution in [0, 0.1) is 0 Å². The number of urea groups is 1. The van der Waals surface area contributed by atoms with Crippen LogP contribution in [0.1, 0.15) is 138 Å². The van der Waals surface area contributed by atoms with Gasteiger partial charge in [0.05, 0.1) is 43.2 Å². The maximum atomic E-state index is 12.3. The van der Waals surface area contributed by atoms with Crippen molar-refractivity contribution in [2.45, 2.75) is 79.1 Å². The van der Waals surface area contributed by atoms with Gasteiger partial charge in [-0.05, 0) is 116 Å². The van der Waals surface area contributed by atoms with Gasteiger partial charge in [0.1, 0.15) is 11.6 Å². The summed E-state index contributed by atoms with van der Waals surface area (Å²) < 4.78 is 14.4. The number of aryl methyl sites for hydroxylation is 2. The van der Waals surface area contributed by atoms with Crippen LogP contribution in [-0.2, 0) is 49.5 Å². The highest BCUT2D eigenvalue weighted by Crippen LogP contribution is 2.20. The zero-order chi connectivity index (χ0) is 54.0. The highest BCUT2D eigenvalue weighted by molar-refractivity contribution is 6.07. The quantitative estimate of drug-likeness (QED) is 0.0392. The van der Waals surface area contributed by atoms with Gasteiger partial charge in [0, 0.05) is 60.9 Å². The normalized spacial score (nSPS) is 10.2. The fourth-order valence-electron chi connectivity index (χ4n) is 7.38. The molecule has 14 nitrogen and oxygen atoms in total. The molecule has 0 fully saturated rings. The van der Waals surface area contributed by atoms with Crippen LogP contribution in [0.5, 0.6) is 0 Å². The lowest BCUT2D eigenvalue weighted by Crippen LogP contribution is -2.21. The average Bonchev–Trinajstić information content (AvgIpc) is 3.42. The summed E-state index contributed by atoms with van der Waals surface area (Å²) in [4.78, 5) is 107. The lowest BCUT2D eigenvalue weighted by atomic mass is 9.96. The molecule has 0 aliphatic carbocycles. The number of ether oxygens (including phenoxy) is 3. The first-order valence-electron chi connectivity index (χ1n) is 24.2. The molecule has 0 radical (unpaired) electrons. The molecule has 74 heavy (non-hydrogen) atoms. The molecule has 384 valence electrons. The number of methoxy groups -OCH3 is 2. The molecule has 0 unspecified atom stereocenters. The Bertz CT molecular complexity index is 2920. The Labute approximate surface area is 431 Å². The van der Waals surface area contributed by atoms with Crippen LogP contribution >= 0.6 is 0 Å². The molecule has 6 aromatic rings. The lowest BCUT2D eigenvalue weighted by molar-refractivity contribution is -0.119. The maximum Gasteiger partial charge on any atom is 0.338 e. The minimum absolute atomic E-state index is 0.0137. The van der Waals surface area contributed by atoms with E-state index in [0.29, 0.717) is 95.5 Å². The molecule has 0 aromatic heterocycles. The molecule has 0 saturated carbocycles. The minimum atomic E-state index is -0.450. The Kier molecular flexibility index (Phi) is 23.7. The summed E-state index contributed by atoms with van der Waals surface area (Å²) in [6, 6.07) is 41.4. The number of para-hydroxylation sites is 1. The number of hydrogen-bond acceptors (Lipinski definition) is 12. The molecule has 0 spiro atoms. The van der Waals surface area contributed by atoms with E-state index in [1.165, 1.54) is 21.1 Å². The van der Waals surface area contributed by atoms with Crippen LogP contribution in [0.25, 0.3) is 0 Å². The van der Waals surface area contributed by atoms with Crippen molar-refractivity contribution in [3.05, 3.63) is 201 Å². The summed E-state index contributed by atoms with van der Waals surface area (Å²) in [6.07, 6.45) is 3.07. The molecular weight excluding hydrogens is 941 g/mol. The fourth-order valence-corrected chi connectivity index (χ4v) is 7.38. The molecular formula is C60H62N2O12. The molecule has 2 N–H and O–H groups in total. The third-order valence-corrected chi connectivity index (χ3v) is 11.4. The Hall–Kier alpha value is -8.65. The first-order chi connectivity index (χ1) is 35.6. The third kappa shape index (κ3) is 18.5. The van der Waals surface area contributed by atoms with Crippen molar-refractivity contribution >= 4 is 64.2 Å². The van der Waals surface area contributed by atoms with Crippen LogP contribution in [0.3, 0.4) is 0 Å². The van der Waals surface area contributed by atoms with E-state index in [4.69, 9.17) is 14.2 Å². The van der Waals surface area contributed by atoms with Crippen LogP contribution in [0.15, 0.2) is 146 Å². The maximum absolute atomic E-state index is 12.3. The number of nitrogens with one attached hydrogen (secondary N) is 2. The smallest absolute Gasteiger partial charge is 0.338 e. The van der Waals surface area contributed by atoms with E-state index < -0.39 is 18.0 Å². The second-order valence-electron chi connectivity index (χ2n) is 16.7. The van der Waals surface area contributed by atoms with Gasteiger partial charge in [0.2, 0.25) is 0 Å². The summed E-state index contributed by atoms with van der Waals surface area (Å²) in [6.45, 7) is 7.19. The Morgan fingerprint density at radius 1 is 0.459 bits per heavy atom. The summed E-state index contributed by atoms with van der Waals surface area (Å²) >= 11 is 0. The average molecular weight is 1000 g/mol. The van der Waals surface area contributed by atoms with Crippen molar-refractivity contribution in [2.75, 3.05) is 31.5 Å². The minimum Gasteiger partial charge on any atom is -0.465 e. The molecule has 6 rings (SSSR count). The lowest BCUT2D eigenvalue weighted by Gasteiger charge is -2.11. The van der Waals surface area contributed by atoms with E-state index in [0.717, 1.165) is 16.7 Å². The van der Waals surface area contributed by atoms with Gasteiger partial charge >= 0.3 is 23.9 Å². The molecule has 2 amide bonds. The van der Waals surface area contributed by atoms with E-state index in [9.17, 15) is 43.2 Å². The van der Waals surface area contributed by atoms with E-state index in [1.54, 1.807) is 123 Å². The third-order valence-electron chi connectivity index (χ3n) is 11.4. The van der Waals surface area contributed by atoms with Crippen LogP contribution in [-0.4, -0.2) is 73.7 Å². The van der Waals surface area contributed by atoms with Gasteiger partial charge in [-0.15, -0.1) is 0 Å². The van der Waals surface area contributed by atoms with Crippen molar-refractivity contribution in [3.8, 4) is 0 Å². The van der Waals surface area contributed by atoms with Gasteiger partial charge in [-0.1, -0.05) is 92.7 Å². The molecule has 0 atom stereocenters. The van der Waals surface area contributed by atoms with Crippen molar-refractivity contribution in [1.82, 2.24) is 0 Å². The molecule has 0 bridgehead atoms. The van der Waals surface area contributed by atoms with Gasteiger partial charge in [0.25, 0.3) is 0 Å². The van der Waals surface area contributed by atoms with Crippen LogP contribution < -0.4 is 10.6 Å². The van der Waals surface area contributed by atoms with Gasteiger partial charge in [-0.25, -0.2) is 19.2 Å². The summed E-state index contributed by atoms with van der Waals surface area (Å²) in [5, 5.41) is 5.34. The molecule has 14 heteroatoms. The second kappa shape index (κ2) is 30.3. The Morgan fingerprint density at radius 2 is 0.973 bits per heavy atom. The molecule has 0 aliphatic heterocycles. The molecule has 0 heterocycles. The van der Waals surface area contributed by atoms with E-state index in [1.807, 2.05) is 43.3 Å². The summed E-state index contributed by atoms with van der Waals surface area (Å²) in [7, 11) is 2.65. The first kappa shape index (κ1) is 57.9. The number of carbonyl (C=O) groups excluding carboxylic acids is 9. The topological polar surface area (TPSA) is 205 Å². The van der Waals surface area contributed by atoms with Crippen molar-refractivity contribution in [1.29, 1.82) is 0 Å². The number of esters is 3. The van der Waals surface area contributed by atoms with E-state index >= 15 is 0 Å².